The number of benzene rings is 2. The zero-order valence-electron chi connectivity index (χ0n) is 15.4. The Balaban J connectivity index is 1.57. The first-order valence-corrected chi connectivity index (χ1v) is 9.34. The molecule has 140 valence electrons. The van der Waals surface area contributed by atoms with Crippen LogP contribution in [0.15, 0.2) is 60.8 Å². The number of hydrogen-bond acceptors (Lipinski definition) is 5. The zero-order chi connectivity index (χ0) is 19.1. The third-order valence-electron chi connectivity index (χ3n) is 4.09. The monoisotopic (exact) mass is 382 g/mol. The van der Waals surface area contributed by atoms with Crippen LogP contribution in [0.25, 0.3) is 0 Å². The molecular formula is C21H23ClN4O. The molecule has 5 nitrogen and oxygen atoms in total. The fourth-order valence-corrected chi connectivity index (χ4v) is 2.49. The summed E-state index contributed by atoms with van der Waals surface area (Å²) in [5.74, 6) is 2.16. The molecule has 0 bridgehead atoms. The van der Waals surface area contributed by atoms with Gasteiger partial charge in [0, 0.05) is 22.9 Å². The highest BCUT2D eigenvalue weighted by atomic mass is 35.5. The molecule has 0 aliphatic heterocycles. The van der Waals surface area contributed by atoms with E-state index in [-0.39, 0.29) is 0 Å². The van der Waals surface area contributed by atoms with E-state index in [1.807, 2.05) is 54.6 Å². The Hall–Kier alpha value is -2.79. The van der Waals surface area contributed by atoms with Crippen molar-refractivity contribution in [3.05, 3.63) is 71.4 Å². The minimum Gasteiger partial charge on any atom is -0.489 e. The van der Waals surface area contributed by atoms with Gasteiger partial charge in [-0.25, -0.2) is 4.98 Å². The average Bonchev–Trinajstić information content (AvgIpc) is 2.69. The highest BCUT2D eigenvalue weighted by Gasteiger charge is 2.04. The van der Waals surface area contributed by atoms with E-state index >= 15 is 0 Å². The van der Waals surface area contributed by atoms with Crippen LogP contribution >= 0.6 is 11.6 Å². The summed E-state index contributed by atoms with van der Waals surface area (Å²) in [5, 5.41) is 7.28. The van der Waals surface area contributed by atoms with Crippen molar-refractivity contribution in [1.82, 2.24) is 9.97 Å². The van der Waals surface area contributed by atoms with Crippen molar-refractivity contribution in [3.8, 4) is 5.75 Å². The molecule has 0 radical (unpaired) electrons. The Bertz CT molecular complexity index is 853. The first-order valence-electron chi connectivity index (χ1n) is 8.96. The molecule has 0 saturated heterocycles. The van der Waals surface area contributed by atoms with Crippen LogP contribution in [0.4, 0.5) is 17.5 Å². The molecule has 2 N–H and O–H groups in total. The average molecular weight is 383 g/mol. The summed E-state index contributed by atoms with van der Waals surface area (Å²) in [7, 11) is 0. The van der Waals surface area contributed by atoms with Crippen molar-refractivity contribution in [3.63, 3.8) is 0 Å². The summed E-state index contributed by atoms with van der Waals surface area (Å²) >= 11 is 5.89. The van der Waals surface area contributed by atoms with Crippen LogP contribution < -0.4 is 15.4 Å². The lowest BCUT2D eigenvalue weighted by atomic mass is 10.2. The smallest absolute Gasteiger partial charge is 0.229 e. The van der Waals surface area contributed by atoms with Gasteiger partial charge in [0.2, 0.25) is 5.95 Å². The molecule has 0 aliphatic rings. The normalized spacial score (nSPS) is 11.7. The number of halogens is 1. The van der Waals surface area contributed by atoms with E-state index in [0.29, 0.717) is 18.6 Å². The number of aromatic nitrogens is 2. The maximum Gasteiger partial charge on any atom is 0.229 e. The molecule has 0 saturated carbocycles. The van der Waals surface area contributed by atoms with Crippen LogP contribution in [-0.4, -0.2) is 16.0 Å². The Morgan fingerprint density at radius 2 is 1.78 bits per heavy atom. The standard InChI is InChI=1S/C21H23ClN4O/c1-3-15(2)24-20-12-13-23-21(26-20)25-18-8-10-19(11-9-18)27-14-16-4-6-17(22)7-5-16/h4-13,15H,3,14H2,1-2H3,(H2,23,24,25,26). The molecule has 27 heavy (non-hydrogen) atoms. The first kappa shape index (κ1) is 19.0. The van der Waals surface area contributed by atoms with E-state index in [2.05, 4.69) is 34.4 Å². The summed E-state index contributed by atoms with van der Waals surface area (Å²) in [4.78, 5) is 8.76. The molecule has 6 heteroatoms. The van der Waals surface area contributed by atoms with Crippen LogP contribution in [0.2, 0.25) is 5.02 Å². The van der Waals surface area contributed by atoms with E-state index in [1.165, 1.54) is 0 Å². The van der Waals surface area contributed by atoms with E-state index in [4.69, 9.17) is 16.3 Å². The fourth-order valence-electron chi connectivity index (χ4n) is 2.36. The second kappa shape index (κ2) is 9.24. The van der Waals surface area contributed by atoms with Crippen LogP contribution in [0.5, 0.6) is 5.75 Å². The summed E-state index contributed by atoms with van der Waals surface area (Å²) in [5.41, 5.74) is 1.97. The number of ether oxygens (including phenoxy) is 1. The van der Waals surface area contributed by atoms with Gasteiger partial charge in [0.05, 0.1) is 0 Å². The Morgan fingerprint density at radius 1 is 1.04 bits per heavy atom. The van der Waals surface area contributed by atoms with Gasteiger partial charge in [-0.15, -0.1) is 0 Å². The quantitative estimate of drug-likeness (QED) is 0.526. The second-order valence-electron chi connectivity index (χ2n) is 6.28. The third kappa shape index (κ3) is 5.86. The third-order valence-corrected chi connectivity index (χ3v) is 4.34. The van der Waals surface area contributed by atoms with Crippen molar-refractivity contribution in [2.75, 3.05) is 10.6 Å². The lowest BCUT2D eigenvalue weighted by molar-refractivity contribution is 0.306. The van der Waals surface area contributed by atoms with E-state index in [0.717, 1.165) is 34.3 Å². The van der Waals surface area contributed by atoms with Crippen molar-refractivity contribution in [2.45, 2.75) is 32.9 Å². The van der Waals surface area contributed by atoms with Crippen LogP contribution in [0, 0.1) is 0 Å². The van der Waals surface area contributed by atoms with Crippen LogP contribution in [0.3, 0.4) is 0 Å². The Morgan fingerprint density at radius 3 is 2.48 bits per heavy atom. The number of anilines is 3. The van der Waals surface area contributed by atoms with Gasteiger partial charge in [0.15, 0.2) is 0 Å². The second-order valence-corrected chi connectivity index (χ2v) is 6.72. The van der Waals surface area contributed by atoms with Gasteiger partial charge in [-0.2, -0.15) is 4.98 Å². The molecule has 0 spiro atoms. The number of nitrogens with zero attached hydrogens (tertiary/aromatic N) is 2. The number of hydrogen-bond donors (Lipinski definition) is 2. The highest BCUT2D eigenvalue weighted by Crippen LogP contribution is 2.20. The zero-order valence-corrected chi connectivity index (χ0v) is 16.2. The molecule has 0 amide bonds. The van der Waals surface area contributed by atoms with Crippen LogP contribution in [0.1, 0.15) is 25.8 Å². The lowest BCUT2D eigenvalue weighted by Gasteiger charge is -2.13. The van der Waals surface area contributed by atoms with Crippen molar-refractivity contribution < 1.29 is 4.74 Å². The number of rotatable bonds is 8. The minimum atomic E-state index is 0.366. The molecular weight excluding hydrogens is 360 g/mol. The SMILES string of the molecule is CCC(C)Nc1ccnc(Nc2ccc(OCc3ccc(Cl)cc3)cc2)n1. The molecule has 3 rings (SSSR count). The van der Waals surface area contributed by atoms with Crippen molar-refractivity contribution in [1.29, 1.82) is 0 Å². The molecule has 1 aromatic heterocycles. The van der Waals surface area contributed by atoms with Gasteiger partial charge in [-0.3, -0.25) is 0 Å². The van der Waals surface area contributed by atoms with E-state index < -0.39 is 0 Å². The molecule has 1 heterocycles. The van der Waals surface area contributed by atoms with Gasteiger partial charge in [0.25, 0.3) is 0 Å². The Labute approximate surface area is 164 Å². The van der Waals surface area contributed by atoms with Crippen molar-refractivity contribution in [2.24, 2.45) is 0 Å². The van der Waals surface area contributed by atoms with E-state index in [1.54, 1.807) is 6.20 Å². The predicted octanol–water partition coefficient (Wildman–Crippen LogP) is 5.66. The van der Waals surface area contributed by atoms with Crippen LogP contribution in [-0.2, 0) is 6.61 Å². The molecule has 3 aromatic rings. The van der Waals surface area contributed by atoms with Gasteiger partial charge in [0.1, 0.15) is 18.2 Å². The fraction of sp³-hybridized carbons (Fsp3) is 0.238. The van der Waals surface area contributed by atoms with Gasteiger partial charge in [-0.05, 0) is 61.4 Å². The lowest BCUT2D eigenvalue weighted by Crippen LogP contribution is -2.14. The molecule has 1 atom stereocenters. The Kier molecular flexibility index (Phi) is 6.49. The minimum absolute atomic E-state index is 0.366. The summed E-state index contributed by atoms with van der Waals surface area (Å²) < 4.78 is 5.80. The number of nitrogens with one attached hydrogen (secondary N) is 2. The maximum absolute atomic E-state index is 5.89. The highest BCUT2D eigenvalue weighted by molar-refractivity contribution is 6.30. The summed E-state index contributed by atoms with van der Waals surface area (Å²) in [6, 6.07) is 17.6. The van der Waals surface area contributed by atoms with Gasteiger partial charge >= 0.3 is 0 Å². The largest absolute Gasteiger partial charge is 0.489 e. The summed E-state index contributed by atoms with van der Waals surface area (Å²) in [6.45, 7) is 4.75. The predicted molar refractivity (Wildman–Crippen MR) is 111 cm³/mol. The topological polar surface area (TPSA) is 59.1 Å². The summed E-state index contributed by atoms with van der Waals surface area (Å²) in [6.07, 6.45) is 2.77. The maximum atomic E-state index is 5.89. The van der Waals surface area contributed by atoms with Gasteiger partial charge < -0.3 is 15.4 Å². The van der Waals surface area contributed by atoms with Crippen molar-refractivity contribution >= 4 is 29.1 Å². The molecule has 2 aromatic carbocycles. The molecule has 0 fully saturated rings. The molecule has 0 aliphatic carbocycles. The van der Waals surface area contributed by atoms with E-state index in [9.17, 15) is 0 Å². The van der Waals surface area contributed by atoms with Gasteiger partial charge in [-0.1, -0.05) is 30.7 Å². The first-order chi connectivity index (χ1) is 13.1. The molecule has 1 unspecified atom stereocenters.